The summed E-state index contributed by atoms with van der Waals surface area (Å²) in [5.74, 6) is 0.803. The normalized spacial score (nSPS) is 15.1. The first-order valence-electron chi connectivity index (χ1n) is 9.72. The number of thioether (sulfide) groups is 1. The molecule has 3 aromatic rings. The number of rotatable bonds is 6. The summed E-state index contributed by atoms with van der Waals surface area (Å²) >= 11 is 3.11. The van der Waals surface area contributed by atoms with Crippen molar-refractivity contribution in [3.63, 3.8) is 0 Å². The van der Waals surface area contributed by atoms with Gasteiger partial charge in [0.15, 0.2) is 0 Å². The third kappa shape index (κ3) is 3.74. The minimum atomic E-state index is -0.485. The molecule has 1 amide bonds. The highest BCUT2D eigenvalue weighted by molar-refractivity contribution is 7.99. The number of hydrogen-bond acceptors (Lipinski definition) is 5. The van der Waals surface area contributed by atoms with Gasteiger partial charge in [0.05, 0.1) is 16.8 Å². The number of H-pyrrole nitrogens is 1. The summed E-state index contributed by atoms with van der Waals surface area (Å²) in [4.78, 5) is 30.4. The van der Waals surface area contributed by atoms with E-state index in [0.717, 1.165) is 36.3 Å². The maximum absolute atomic E-state index is 13.1. The van der Waals surface area contributed by atoms with E-state index in [-0.39, 0.29) is 11.5 Å². The molecule has 150 valence electrons. The first-order valence-corrected chi connectivity index (χ1v) is 11.6. The quantitative estimate of drug-likeness (QED) is 0.367. The van der Waals surface area contributed by atoms with Crippen LogP contribution in [-0.2, 0) is 4.79 Å². The lowest BCUT2D eigenvalue weighted by atomic mass is 10.0. The van der Waals surface area contributed by atoms with Crippen molar-refractivity contribution in [2.75, 3.05) is 10.7 Å². The Morgan fingerprint density at radius 1 is 1.31 bits per heavy atom. The molecular weight excluding hydrogens is 404 g/mol. The highest BCUT2D eigenvalue weighted by atomic mass is 32.2. The van der Waals surface area contributed by atoms with Gasteiger partial charge in [-0.1, -0.05) is 43.7 Å². The first kappa shape index (κ1) is 19.8. The molecule has 3 heterocycles. The monoisotopic (exact) mass is 427 g/mol. The van der Waals surface area contributed by atoms with Gasteiger partial charge in [0.25, 0.3) is 6.17 Å². The molecule has 0 bridgehead atoms. The summed E-state index contributed by atoms with van der Waals surface area (Å²) in [5, 5.41) is 9.33. The molecule has 0 unspecified atom stereocenters. The third-order valence-corrected chi connectivity index (χ3v) is 6.58. The number of amides is 1. The average molecular weight is 428 g/mol. The SMILES string of the molecule is CCCCCSc1n[n+]2c(c(=O)[nH]1)-c1ccccc1N(C(C)=O)[C@@H]2c1ccsc1. The highest BCUT2D eigenvalue weighted by Crippen LogP contribution is 2.37. The molecular formula is C21H23N4O2S2+. The van der Waals surface area contributed by atoms with E-state index < -0.39 is 6.17 Å². The summed E-state index contributed by atoms with van der Waals surface area (Å²) in [6.07, 6.45) is 2.89. The Balaban J connectivity index is 1.88. The Kier molecular flexibility index (Phi) is 5.82. The number of para-hydroxylation sites is 1. The fraction of sp³-hybridized carbons (Fsp3) is 0.333. The number of hydrogen-bond donors (Lipinski definition) is 1. The Bertz CT molecular complexity index is 1080. The van der Waals surface area contributed by atoms with Gasteiger partial charge in [0.1, 0.15) is 0 Å². The third-order valence-electron chi connectivity index (χ3n) is 4.93. The molecule has 1 N–H and O–H groups in total. The molecule has 8 heteroatoms. The van der Waals surface area contributed by atoms with Gasteiger partial charge in [0.2, 0.25) is 11.1 Å². The minimum absolute atomic E-state index is 0.0916. The molecule has 0 fully saturated rings. The van der Waals surface area contributed by atoms with Crippen LogP contribution in [0.5, 0.6) is 0 Å². The van der Waals surface area contributed by atoms with Crippen LogP contribution in [0.2, 0.25) is 0 Å². The largest absolute Gasteiger partial charge is 0.325 e. The molecule has 0 radical (unpaired) electrons. The number of nitrogens with zero attached hydrogens (tertiary/aromatic N) is 3. The standard InChI is InChI=1S/C21H22N4O2S2/c1-3-4-7-11-29-21-22-19(27)18-16-8-5-6-9-17(16)24(14(2)26)20(25(18)23-21)15-10-12-28-13-15/h5-6,8-10,12-13,20H,3-4,7,11H2,1-2H3/p+1/t20-/m0/s1. The van der Waals surface area contributed by atoms with Crippen LogP contribution in [0.25, 0.3) is 11.3 Å². The predicted molar refractivity (Wildman–Crippen MR) is 116 cm³/mol. The summed E-state index contributed by atoms with van der Waals surface area (Å²) in [6, 6.07) is 9.49. The van der Waals surface area contributed by atoms with Crippen LogP contribution in [0.1, 0.15) is 44.8 Å². The van der Waals surface area contributed by atoms with Crippen LogP contribution in [0.4, 0.5) is 5.69 Å². The molecule has 0 saturated carbocycles. The summed E-state index contributed by atoms with van der Waals surface area (Å²) < 4.78 is 1.72. The van der Waals surface area contributed by atoms with E-state index in [1.807, 2.05) is 41.1 Å². The zero-order valence-corrected chi connectivity index (χ0v) is 18.1. The summed E-state index contributed by atoms with van der Waals surface area (Å²) in [6.45, 7) is 3.72. The van der Waals surface area contributed by atoms with Crippen molar-refractivity contribution >= 4 is 34.7 Å². The second-order valence-electron chi connectivity index (χ2n) is 6.94. The number of fused-ring (bicyclic) bond motifs is 3. The van der Waals surface area contributed by atoms with Crippen molar-refractivity contribution < 1.29 is 9.48 Å². The van der Waals surface area contributed by atoms with E-state index in [1.54, 1.807) is 39.6 Å². The van der Waals surface area contributed by atoms with E-state index in [0.29, 0.717) is 16.4 Å². The van der Waals surface area contributed by atoms with Crippen molar-refractivity contribution in [2.45, 2.75) is 44.4 Å². The van der Waals surface area contributed by atoms with Crippen molar-refractivity contribution in [3.05, 3.63) is 57.0 Å². The van der Waals surface area contributed by atoms with Gasteiger partial charge < -0.3 is 0 Å². The van der Waals surface area contributed by atoms with Gasteiger partial charge in [-0.2, -0.15) is 11.3 Å². The van der Waals surface area contributed by atoms with Gasteiger partial charge in [-0.05, 0) is 34.7 Å². The number of carbonyl (C=O) groups excluding carboxylic acids is 1. The highest BCUT2D eigenvalue weighted by Gasteiger charge is 2.44. The number of unbranched alkanes of at least 4 members (excludes halogenated alkanes) is 2. The molecule has 29 heavy (non-hydrogen) atoms. The molecule has 0 saturated heterocycles. The molecule has 0 spiro atoms. The summed E-state index contributed by atoms with van der Waals surface area (Å²) in [5.41, 5.74) is 2.67. The van der Waals surface area contributed by atoms with E-state index in [9.17, 15) is 9.59 Å². The number of benzene rings is 1. The number of nitrogens with one attached hydrogen (secondary N) is 1. The Hall–Kier alpha value is -2.45. The van der Waals surface area contributed by atoms with Crippen LogP contribution in [0.3, 0.4) is 0 Å². The van der Waals surface area contributed by atoms with Gasteiger partial charge in [-0.25, -0.2) is 4.90 Å². The average Bonchev–Trinajstić information content (AvgIpc) is 3.24. The van der Waals surface area contributed by atoms with E-state index in [1.165, 1.54) is 0 Å². The second-order valence-corrected chi connectivity index (χ2v) is 8.81. The van der Waals surface area contributed by atoms with Crippen LogP contribution in [-0.4, -0.2) is 21.7 Å². The number of carbonyl (C=O) groups is 1. The Morgan fingerprint density at radius 3 is 2.86 bits per heavy atom. The van der Waals surface area contributed by atoms with E-state index in [2.05, 4.69) is 11.9 Å². The lowest BCUT2D eigenvalue weighted by Crippen LogP contribution is -2.60. The molecule has 4 rings (SSSR count). The first-order chi connectivity index (χ1) is 14.1. The molecule has 1 aliphatic rings. The van der Waals surface area contributed by atoms with Crippen LogP contribution in [0, 0.1) is 0 Å². The van der Waals surface area contributed by atoms with Crippen molar-refractivity contribution in [1.29, 1.82) is 0 Å². The molecule has 1 aromatic carbocycles. The molecule has 0 aliphatic carbocycles. The van der Waals surface area contributed by atoms with Crippen LogP contribution in [0.15, 0.2) is 51.0 Å². The zero-order valence-electron chi connectivity index (χ0n) is 16.4. The maximum atomic E-state index is 13.1. The van der Waals surface area contributed by atoms with E-state index >= 15 is 0 Å². The second kappa shape index (κ2) is 8.51. The number of aromatic nitrogens is 3. The number of anilines is 1. The molecule has 2 aromatic heterocycles. The van der Waals surface area contributed by atoms with Crippen LogP contribution >= 0.6 is 23.1 Å². The van der Waals surface area contributed by atoms with Gasteiger partial charge in [-0.3, -0.25) is 14.6 Å². The lowest BCUT2D eigenvalue weighted by molar-refractivity contribution is -0.763. The fourth-order valence-electron chi connectivity index (χ4n) is 3.62. The molecule has 6 nitrogen and oxygen atoms in total. The fourth-order valence-corrected chi connectivity index (χ4v) is 5.14. The van der Waals surface area contributed by atoms with Gasteiger partial charge >= 0.3 is 11.3 Å². The lowest BCUT2D eigenvalue weighted by Gasteiger charge is -2.30. The summed E-state index contributed by atoms with van der Waals surface area (Å²) in [7, 11) is 0. The maximum Gasteiger partial charge on any atom is 0.325 e. The zero-order chi connectivity index (χ0) is 20.4. The molecule has 1 aliphatic heterocycles. The number of thiophene rings is 1. The van der Waals surface area contributed by atoms with Crippen LogP contribution < -0.4 is 15.1 Å². The smallest absolute Gasteiger partial charge is 0.291 e. The van der Waals surface area contributed by atoms with Crippen molar-refractivity contribution in [2.24, 2.45) is 0 Å². The van der Waals surface area contributed by atoms with E-state index in [4.69, 9.17) is 5.10 Å². The Morgan fingerprint density at radius 2 is 2.14 bits per heavy atom. The molecule has 1 atom stereocenters. The predicted octanol–water partition coefficient (Wildman–Crippen LogP) is 3.98. The topological polar surface area (TPSA) is 69.9 Å². The number of aromatic amines is 1. The minimum Gasteiger partial charge on any atom is -0.291 e. The van der Waals surface area contributed by atoms with Gasteiger partial charge in [0, 0.05) is 23.2 Å². The Labute approximate surface area is 177 Å². The van der Waals surface area contributed by atoms with Crippen molar-refractivity contribution in [1.82, 2.24) is 10.1 Å². The van der Waals surface area contributed by atoms with Gasteiger partial charge in [-0.15, -0.1) is 0 Å². The van der Waals surface area contributed by atoms with Crippen molar-refractivity contribution in [3.8, 4) is 11.3 Å².